The Morgan fingerprint density at radius 3 is 1.41 bits per heavy atom. The van der Waals surface area contributed by atoms with Gasteiger partial charge in [0.2, 0.25) is 11.8 Å². The van der Waals surface area contributed by atoms with E-state index < -0.39 is 24.3 Å². The number of amides is 4. The number of hydrogen-bond acceptors (Lipinski definition) is 12. The van der Waals surface area contributed by atoms with Gasteiger partial charge in [0.05, 0.1) is 63.3 Å². The summed E-state index contributed by atoms with van der Waals surface area (Å²) in [6.07, 6.45) is 5.26. The first-order valence-electron chi connectivity index (χ1n) is 21.8. The van der Waals surface area contributed by atoms with Gasteiger partial charge >= 0.3 is 12.2 Å². The van der Waals surface area contributed by atoms with Crippen LogP contribution in [0.2, 0.25) is 0 Å². The normalized spacial score (nSPS) is 17.1. The summed E-state index contributed by atoms with van der Waals surface area (Å²) in [5.41, 5.74) is 4.71. The number of imidazole rings is 2. The molecule has 346 valence electrons. The van der Waals surface area contributed by atoms with E-state index in [4.69, 9.17) is 38.4 Å². The quantitative estimate of drug-likeness (QED) is 0.0768. The highest BCUT2D eigenvalue weighted by atomic mass is 16.5. The van der Waals surface area contributed by atoms with Crippen LogP contribution >= 0.6 is 0 Å². The summed E-state index contributed by atoms with van der Waals surface area (Å²) in [6, 6.07) is 9.76. The second-order valence-electron chi connectivity index (χ2n) is 16.6. The largest absolute Gasteiger partial charge is 0.491 e. The van der Waals surface area contributed by atoms with Crippen molar-refractivity contribution in [1.82, 2.24) is 40.4 Å². The number of hydrogen-bond donors (Lipinski definition) is 4. The van der Waals surface area contributed by atoms with Crippen LogP contribution in [0.25, 0.3) is 33.6 Å². The summed E-state index contributed by atoms with van der Waals surface area (Å²) >= 11 is 0. The summed E-state index contributed by atoms with van der Waals surface area (Å²) in [5, 5.41) is 5.40. The first-order chi connectivity index (χ1) is 30.9. The van der Waals surface area contributed by atoms with Crippen LogP contribution in [0.5, 0.6) is 11.5 Å². The minimum atomic E-state index is -0.738. The second-order valence-corrected chi connectivity index (χ2v) is 16.6. The van der Waals surface area contributed by atoms with Crippen molar-refractivity contribution in [3.63, 3.8) is 0 Å². The van der Waals surface area contributed by atoms with Crippen molar-refractivity contribution in [2.75, 3.05) is 68.0 Å². The zero-order valence-corrected chi connectivity index (χ0v) is 38.0. The molecule has 6 rings (SSSR count). The minimum absolute atomic E-state index is 0.148. The number of carbonyl (C=O) groups is 4. The molecule has 2 aliphatic rings. The van der Waals surface area contributed by atoms with Gasteiger partial charge in [0.15, 0.2) is 0 Å². The van der Waals surface area contributed by atoms with E-state index in [1.54, 1.807) is 36.4 Å². The third kappa shape index (κ3) is 11.0. The van der Waals surface area contributed by atoms with Gasteiger partial charge in [-0.05, 0) is 61.8 Å². The Bertz CT molecular complexity index is 2070. The highest BCUT2D eigenvalue weighted by Crippen LogP contribution is 2.42. The molecule has 2 aromatic carbocycles. The van der Waals surface area contributed by atoms with E-state index in [0.29, 0.717) is 62.7 Å². The first-order valence-corrected chi connectivity index (χ1v) is 21.8. The summed E-state index contributed by atoms with van der Waals surface area (Å²) in [4.78, 5) is 71.6. The Kier molecular flexibility index (Phi) is 16.3. The monoisotopic (exact) mass is 886 g/mol. The molecule has 4 aromatic rings. The fraction of sp³-hybridized carbons (Fsp3) is 0.522. The number of ether oxygens (including phenoxy) is 6. The standard InChI is InChI=1S/C46H62N8O10/c1-27(2)39(51-45(57)61-7)43(55)53-17-9-11-35(53)41-47-25-33(49-41)29-13-15-31(37(23-29)63-21-19-59-5)32-16-14-30(24-38(32)64-22-20-60-6)34-26-48-42(50-34)36-12-10-18-54(36)44(56)40(28(3)4)52-46(58)62-8/h13-16,23-28,35-36,39-40H,9-12,17-22H2,1-8H3,(H,47,49)(H,48,50)(H,51,57)(H,52,58). The smallest absolute Gasteiger partial charge is 0.407 e. The molecule has 2 aliphatic heterocycles. The average Bonchev–Trinajstić information content (AvgIpc) is 4.14. The Balaban J connectivity index is 1.28. The number of carbonyl (C=O) groups excluding carboxylic acids is 4. The van der Waals surface area contributed by atoms with Crippen LogP contribution in [-0.2, 0) is 28.5 Å². The molecule has 4 N–H and O–H groups in total. The van der Waals surface area contributed by atoms with Crippen LogP contribution in [0.4, 0.5) is 9.59 Å². The molecule has 0 bridgehead atoms. The van der Waals surface area contributed by atoms with Gasteiger partial charge in [0, 0.05) is 49.6 Å². The van der Waals surface area contributed by atoms with Crippen LogP contribution in [0.3, 0.4) is 0 Å². The number of nitrogens with one attached hydrogen (secondary N) is 4. The van der Waals surface area contributed by atoms with Gasteiger partial charge < -0.3 is 58.8 Å². The molecular formula is C46H62N8O10. The van der Waals surface area contributed by atoms with E-state index in [1.165, 1.54) is 14.2 Å². The number of likely N-dealkylation sites (tertiary alicyclic amines) is 2. The summed E-state index contributed by atoms with van der Waals surface area (Å²) in [5.74, 6) is 1.84. The molecule has 4 heterocycles. The van der Waals surface area contributed by atoms with E-state index in [0.717, 1.165) is 59.3 Å². The fourth-order valence-corrected chi connectivity index (χ4v) is 8.22. The number of benzene rings is 2. The number of H-pyrrole nitrogens is 2. The Labute approximate surface area is 374 Å². The molecule has 2 fully saturated rings. The SMILES string of the molecule is COCCOc1cc(-c2cnc(C3CCCN3C(=O)C(NC(=O)OC)C(C)C)[nH]2)ccc1-c1ccc(-c2cnc(C3CCCN3C(=O)C(NC(=O)OC)C(C)C)[nH]2)cc1OCCOC. The molecule has 18 nitrogen and oxygen atoms in total. The van der Waals surface area contributed by atoms with Crippen LogP contribution < -0.4 is 20.1 Å². The predicted octanol–water partition coefficient (Wildman–Crippen LogP) is 6.27. The lowest BCUT2D eigenvalue weighted by atomic mass is 9.98. The van der Waals surface area contributed by atoms with E-state index >= 15 is 0 Å². The van der Waals surface area contributed by atoms with E-state index in [1.807, 2.05) is 64.1 Å². The molecule has 64 heavy (non-hydrogen) atoms. The Hall–Kier alpha value is -6.14. The lowest BCUT2D eigenvalue weighted by Gasteiger charge is -2.30. The average molecular weight is 887 g/mol. The third-order valence-corrected chi connectivity index (χ3v) is 11.6. The zero-order valence-electron chi connectivity index (χ0n) is 38.0. The van der Waals surface area contributed by atoms with Crippen molar-refractivity contribution in [2.24, 2.45) is 11.8 Å². The molecule has 2 aromatic heterocycles. The molecule has 0 radical (unpaired) electrons. The van der Waals surface area contributed by atoms with Crippen molar-refractivity contribution < 1.29 is 47.6 Å². The third-order valence-electron chi connectivity index (χ3n) is 11.6. The molecular weight excluding hydrogens is 825 g/mol. The molecule has 0 spiro atoms. The molecule has 4 atom stereocenters. The Morgan fingerprint density at radius 2 is 1.05 bits per heavy atom. The first kappa shape index (κ1) is 47.3. The molecule has 0 aliphatic carbocycles. The van der Waals surface area contributed by atoms with Crippen LogP contribution in [0.15, 0.2) is 48.8 Å². The molecule has 4 unspecified atom stereocenters. The number of aromatic amines is 2. The van der Waals surface area contributed by atoms with Crippen LogP contribution in [0.1, 0.15) is 77.1 Å². The minimum Gasteiger partial charge on any atom is -0.491 e. The lowest BCUT2D eigenvalue weighted by Crippen LogP contribution is -2.51. The summed E-state index contributed by atoms with van der Waals surface area (Å²) < 4.78 is 33.0. The van der Waals surface area contributed by atoms with Crippen molar-refractivity contribution in [3.8, 4) is 45.1 Å². The molecule has 18 heteroatoms. The second kappa shape index (κ2) is 22.0. The summed E-state index contributed by atoms with van der Waals surface area (Å²) in [7, 11) is 5.79. The van der Waals surface area contributed by atoms with Crippen LogP contribution in [-0.4, -0.2) is 134 Å². The van der Waals surface area contributed by atoms with Gasteiger partial charge in [-0.1, -0.05) is 39.8 Å². The van der Waals surface area contributed by atoms with E-state index in [9.17, 15) is 19.2 Å². The summed E-state index contributed by atoms with van der Waals surface area (Å²) in [6.45, 7) is 9.96. The topological polar surface area (TPSA) is 212 Å². The maximum Gasteiger partial charge on any atom is 0.407 e. The maximum atomic E-state index is 13.8. The van der Waals surface area contributed by atoms with Gasteiger partial charge in [-0.3, -0.25) is 9.59 Å². The Morgan fingerprint density at radius 1 is 0.641 bits per heavy atom. The van der Waals surface area contributed by atoms with Crippen molar-refractivity contribution in [3.05, 3.63) is 60.4 Å². The lowest BCUT2D eigenvalue weighted by molar-refractivity contribution is -0.136. The predicted molar refractivity (Wildman–Crippen MR) is 237 cm³/mol. The maximum absolute atomic E-state index is 13.8. The number of nitrogens with zero attached hydrogens (tertiary/aromatic N) is 4. The molecule has 4 amide bonds. The van der Waals surface area contributed by atoms with Gasteiger partial charge in [-0.15, -0.1) is 0 Å². The van der Waals surface area contributed by atoms with Crippen molar-refractivity contribution in [1.29, 1.82) is 0 Å². The highest BCUT2D eigenvalue weighted by molar-refractivity contribution is 5.87. The van der Waals surface area contributed by atoms with Gasteiger partial charge in [0.25, 0.3) is 0 Å². The van der Waals surface area contributed by atoms with E-state index in [2.05, 4.69) is 20.6 Å². The molecule has 2 saturated heterocycles. The number of aromatic nitrogens is 4. The van der Waals surface area contributed by atoms with Gasteiger partial charge in [-0.2, -0.15) is 0 Å². The number of alkyl carbamates (subject to hydrolysis) is 2. The zero-order chi connectivity index (χ0) is 45.9. The van der Waals surface area contributed by atoms with Crippen LogP contribution in [0, 0.1) is 11.8 Å². The van der Waals surface area contributed by atoms with Crippen molar-refractivity contribution >= 4 is 24.0 Å². The number of rotatable bonds is 19. The fourth-order valence-electron chi connectivity index (χ4n) is 8.22. The van der Waals surface area contributed by atoms with Gasteiger partial charge in [0.1, 0.15) is 48.4 Å². The van der Waals surface area contributed by atoms with E-state index in [-0.39, 0.29) is 35.7 Å². The molecule has 0 saturated carbocycles. The number of methoxy groups -OCH3 is 4. The van der Waals surface area contributed by atoms with Gasteiger partial charge in [-0.25, -0.2) is 19.6 Å². The highest BCUT2D eigenvalue weighted by Gasteiger charge is 2.39. The van der Waals surface area contributed by atoms with Crippen molar-refractivity contribution in [2.45, 2.75) is 77.5 Å².